The van der Waals surface area contributed by atoms with Crippen LogP contribution in [0.2, 0.25) is 0 Å². The number of rotatable bonds is 4. The first-order chi connectivity index (χ1) is 13.0. The van der Waals surface area contributed by atoms with Crippen LogP contribution in [0.1, 0.15) is 11.1 Å². The van der Waals surface area contributed by atoms with Crippen molar-refractivity contribution in [3.05, 3.63) is 82.0 Å². The third-order valence-electron chi connectivity index (χ3n) is 4.23. The van der Waals surface area contributed by atoms with Crippen molar-refractivity contribution in [2.24, 2.45) is 0 Å². The minimum atomic E-state index is -0.613. The molecule has 1 N–H and O–H groups in total. The second-order valence-electron chi connectivity index (χ2n) is 6.05. The molecular formula is C18H14F2N6O. The summed E-state index contributed by atoms with van der Waals surface area (Å²) < 4.78 is 29.2. The second kappa shape index (κ2) is 6.60. The summed E-state index contributed by atoms with van der Waals surface area (Å²) in [4.78, 5) is 12.6. The Morgan fingerprint density at radius 1 is 1.11 bits per heavy atom. The van der Waals surface area contributed by atoms with E-state index in [-0.39, 0.29) is 12.1 Å². The lowest BCUT2D eigenvalue weighted by atomic mass is 10.0. The minimum absolute atomic E-state index is 0.0237. The van der Waals surface area contributed by atoms with Crippen LogP contribution in [-0.2, 0) is 6.54 Å². The number of aromatic amines is 1. The zero-order valence-corrected chi connectivity index (χ0v) is 14.2. The quantitative estimate of drug-likeness (QED) is 0.600. The van der Waals surface area contributed by atoms with Crippen LogP contribution >= 0.6 is 0 Å². The van der Waals surface area contributed by atoms with E-state index in [1.807, 2.05) is 13.0 Å². The van der Waals surface area contributed by atoms with Gasteiger partial charge in [0.25, 0.3) is 0 Å². The van der Waals surface area contributed by atoms with Crippen LogP contribution in [0, 0.1) is 18.6 Å². The van der Waals surface area contributed by atoms with Crippen LogP contribution in [0.3, 0.4) is 0 Å². The Labute approximate surface area is 151 Å². The Morgan fingerprint density at radius 2 is 1.96 bits per heavy atom. The van der Waals surface area contributed by atoms with Gasteiger partial charge in [-0.2, -0.15) is 14.5 Å². The van der Waals surface area contributed by atoms with Crippen LogP contribution in [-0.4, -0.2) is 30.0 Å². The van der Waals surface area contributed by atoms with Gasteiger partial charge in [0.1, 0.15) is 11.6 Å². The van der Waals surface area contributed by atoms with E-state index >= 15 is 0 Å². The number of nitrogens with one attached hydrogen (secondary N) is 1. The molecule has 0 unspecified atom stereocenters. The number of benzene rings is 2. The lowest BCUT2D eigenvalue weighted by Gasteiger charge is -2.06. The lowest BCUT2D eigenvalue weighted by molar-refractivity contribution is 0.555. The number of aromatic nitrogens is 6. The van der Waals surface area contributed by atoms with Gasteiger partial charge in [0.2, 0.25) is 0 Å². The normalized spacial score (nSPS) is 11.1. The Hall–Kier alpha value is -3.62. The fourth-order valence-electron chi connectivity index (χ4n) is 2.86. The Morgan fingerprint density at radius 3 is 2.70 bits per heavy atom. The van der Waals surface area contributed by atoms with E-state index < -0.39 is 17.3 Å². The standard InChI is InChI=1S/C18H14F2N6O/c1-11-6-15(3-4-16(11)13-8-21-22-9-13)26-18(27)25(23-24-26)10-12-7-14(19)2-5-17(12)20/h2-9H,10H2,1H3,(H,21,22). The van der Waals surface area contributed by atoms with Gasteiger partial charge in [-0.05, 0) is 58.8 Å². The minimum Gasteiger partial charge on any atom is -0.285 e. The molecule has 0 amide bonds. The zero-order chi connectivity index (χ0) is 19.0. The van der Waals surface area contributed by atoms with Gasteiger partial charge < -0.3 is 0 Å². The van der Waals surface area contributed by atoms with Crippen molar-refractivity contribution in [2.45, 2.75) is 13.5 Å². The number of halogens is 2. The van der Waals surface area contributed by atoms with Gasteiger partial charge in [0.15, 0.2) is 0 Å². The van der Waals surface area contributed by atoms with E-state index in [1.165, 1.54) is 0 Å². The molecule has 2 aromatic carbocycles. The largest absolute Gasteiger partial charge is 0.368 e. The average molecular weight is 368 g/mol. The van der Waals surface area contributed by atoms with Gasteiger partial charge in [-0.1, -0.05) is 6.07 Å². The van der Waals surface area contributed by atoms with Gasteiger partial charge in [-0.15, -0.1) is 0 Å². The highest BCUT2D eigenvalue weighted by molar-refractivity contribution is 5.67. The molecular weight excluding hydrogens is 354 g/mol. The summed E-state index contributed by atoms with van der Waals surface area (Å²) in [7, 11) is 0. The highest BCUT2D eigenvalue weighted by Crippen LogP contribution is 2.23. The smallest absolute Gasteiger partial charge is 0.285 e. The highest BCUT2D eigenvalue weighted by Gasteiger charge is 2.13. The van der Waals surface area contributed by atoms with Crippen LogP contribution in [0.5, 0.6) is 0 Å². The first-order valence-corrected chi connectivity index (χ1v) is 8.10. The number of hydrogen-bond acceptors (Lipinski definition) is 4. The fraction of sp³-hybridized carbons (Fsp3) is 0.111. The number of nitrogens with zero attached hydrogens (tertiary/aromatic N) is 5. The highest BCUT2D eigenvalue weighted by atomic mass is 19.1. The van der Waals surface area contributed by atoms with Crippen molar-refractivity contribution in [3.63, 3.8) is 0 Å². The van der Waals surface area contributed by atoms with Crippen LogP contribution in [0.25, 0.3) is 16.8 Å². The molecule has 9 heteroatoms. The van der Waals surface area contributed by atoms with E-state index in [0.29, 0.717) is 5.69 Å². The number of hydrogen-bond donors (Lipinski definition) is 1. The molecule has 0 aliphatic heterocycles. The van der Waals surface area contributed by atoms with Crippen molar-refractivity contribution in [3.8, 4) is 16.8 Å². The summed E-state index contributed by atoms with van der Waals surface area (Å²) >= 11 is 0. The van der Waals surface area contributed by atoms with Crippen LogP contribution in [0.15, 0.2) is 53.6 Å². The van der Waals surface area contributed by atoms with Crippen LogP contribution < -0.4 is 5.69 Å². The summed E-state index contributed by atoms with van der Waals surface area (Å²) in [5.74, 6) is -1.20. The summed E-state index contributed by atoms with van der Waals surface area (Å²) in [5, 5.41) is 14.3. The molecule has 2 aromatic heterocycles. The Balaban J connectivity index is 1.67. The number of tetrazole rings is 1. The predicted molar refractivity (Wildman–Crippen MR) is 93.4 cm³/mol. The molecule has 0 atom stereocenters. The van der Waals surface area contributed by atoms with Gasteiger partial charge in [0.05, 0.1) is 18.4 Å². The topological polar surface area (TPSA) is 81.4 Å². The molecule has 27 heavy (non-hydrogen) atoms. The lowest BCUT2D eigenvalue weighted by Crippen LogP contribution is -2.25. The summed E-state index contributed by atoms with van der Waals surface area (Å²) in [5.41, 5.74) is 2.82. The van der Waals surface area contributed by atoms with E-state index in [2.05, 4.69) is 20.6 Å². The molecule has 2 heterocycles. The number of H-pyrrole nitrogens is 1. The van der Waals surface area contributed by atoms with Gasteiger partial charge in [-0.25, -0.2) is 13.6 Å². The second-order valence-corrected chi connectivity index (χ2v) is 6.05. The molecule has 0 radical (unpaired) electrons. The predicted octanol–water partition coefficient (Wildman–Crippen LogP) is 2.45. The van der Waals surface area contributed by atoms with Gasteiger partial charge >= 0.3 is 5.69 Å². The first kappa shape index (κ1) is 16.8. The van der Waals surface area contributed by atoms with E-state index in [0.717, 1.165) is 44.3 Å². The molecule has 4 aromatic rings. The maximum Gasteiger partial charge on any atom is 0.368 e. The first-order valence-electron chi connectivity index (χ1n) is 8.10. The van der Waals surface area contributed by atoms with Crippen molar-refractivity contribution < 1.29 is 8.78 Å². The van der Waals surface area contributed by atoms with Gasteiger partial charge in [0, 0.05) is 17.3 Å². The molecule has 0 spiro atoms. The molecule has 136 valence electrons. The Bertz CT molecular complexity index is 1160. The molecule has 0 saturated carbocycles. The van der Waals surface area contributed by atoms with E-state index in [1.54, 1.807) is 24.5 Å². The van der Waals surface area contributed by atoms with Crippen molar-refractivity contribution in [1.82, 2.24) is 30.0 Å². The van der Waals surface area contributed by atoms with Crippen molar-refractivity contribution in [1.29, 1.82) is 0 Å². The van der Waals surface area contributed by atoms with Crippen molar-refractivity contribution >= 4 is 0 Å². The molecule has 0 saturated heterocycles. The van der Waals surface area contributed by atoms with E-state index in [9.17, 15) is 13.6 Å². The summed E-state index contributed by atoms with van der Waals surface area (Å²) in [6.45, 7) is 1.69. The van der Waals surface area contributed by atoms with E-state index in [4.69, 9.17) is 0 Å². The third kappa shape index (κ3) is 3.14. The van der Waals surface area contributed by atoms with Crippen LogP contribution in [0.4, 0.5) is 8.78 Å². The van der Waals surface area contributed by atoms with Gasteiger partial charge in [-0.3, -0.25) is 5.10 Å². The molecule has 0 bridgehead atoms. The molecule has 4 rings (SSSR count). The average Bonchev–Trinajstić information content (AvgIpc) is 3.29. The Kier molecular flexibility index (Phi) is 4.11. The molecule has 0 aliphatic carbocycles. The SMILES string of the molecule is Cc1cc(-n2nnn(Cc3cc(F)ccc3F)c2=O)ccc1-c1cn[nH]c1. The number of aryl methyl sites for hydroxylation is 1. The third-order valence-corrected chi connectivity index (χ3v) is 4.23. The summed E-state index contributed by atoms with van der Waals surface area (Å²) in [6.07, 6.45) is 3.48. The molecule has 7 nitrogen and oxygen atoms in total. The monoisotopic (exact) mass is 368 g/mol. The maximum atomic E-state index is 13.8. The maximum absolute atomic E-state index is 13.8. The summed E-state index contributed by atoms with van der Waals surface area (Å²) in [6, 6.07) is 8.45. The zero-order valence-electron chi connectivity index (χ0n) is 14.2. The molecule has 0 aliphatic rings. The van der Waals surface area contributed by atoms with Crippen molar-refractivity contribution in [2.75, 3.05) is 0 Å². The fourth-order valence-corrected chi connectivity index (χ4v) is 2.86. The molecule has 0 fully saturated rings.